The van der Waals surface area contributed by atoms with Gasteiger partial charge in [-0.05, 0) is 66.2 Å². The summed E-state index contributed by atoms with van der Waals surface area (Å²) in [6, 6.07) is 40.0. The standard InChI is InChI=1S/C37H22N2O2/c40-37(41)32-23-24-33-34(25-32)39-36(31-21-17-29(18-22-31)14-12-27-9-5-2-6-10-27)35(38-33)30-19-15-28(16-20-30)13-11-26-7-3-1-4-8-26/h1-10,15-25H,(H,40,41)/p-1. The Hall–Kier alpha value is -5.97. The smallest absolute Gasteiger partial charge is 0.0973 e. The molecule has 0 amide bonds. The van der Waals surface area contributed by atoms with Gasteiger partial charge in [-0.15, -0.1) is 0 Å². The average molecular weight is 526 g/mol. The van der Waals surface area contributed by atoms with E-state index in [4.69, 9.17) is 9.97 Å². The molecule has 0 unspecified atom stereocenters. The first-order valence-electron chi connectivity index (χ1n) is 13.0. The zero-order valence-electron chi connectivity index (χ0n) is 21.8. The van der Waals surface area contributed by atoms with Crippen molar-refractivity contribution >= 4 is 17.0 Å². The molecule has 6 aromatic rings. The third-order valence-electron chi connectivity index (χ3n) is 6.47. The van der Waals surface area contributed by atoms with Gasteiger partial charge in [-0.3, -0.25) is 0 Å². The highest BCUT2D eigenvalue weighted by molar-refractivity contribution is 5.93. The van der Waals surface area contributed by atoms with Crippen molar-refractivity contribution in [2.45, 2.75) is 0 Å². The van der Waals surface area contributed by atoms with Crippen LogP contribution in [0.2, 0.25) is 0 Å². The van der Waals surface area contributed by atoms with Crippen LogP contribution in [0.25, 0.3) is 33.5 Å². The summed E-state index contributed by atoms with van der Waals surface area (Å²) in [5, 5.41) is 11.5. The molecular weight excluding hydrogens is 504 g/mol. The van der Waals surface area contributed by atoms with Crippen molar-refractivity contribution in [3.05, 3.63) is 155 Å². The van der Waals surface area contributed by atoms with Gasteiger partial charge in [0.25, 0.3) is 0 Å². The van der Waals surface area contributed by atoms with Gasteiger partial charge in [-0.1, -0.05) is 90.4 Å². The van der Waals surface area contributed by atoms with Crippen molar-refractivity contribution in [3.8, 4) is 46.2 Å². The molecule has 0 spiro atoms. The van der Waals surface area contributed by atoms with Crippen LogP contribution < -0.4 is 5.11 Å². The summed E-state index contributed by atoms with van der Waals surface area (Å²) in [5.74, 6) is 11.5. The van der Waals surface area contributed by atoms with Gasteiger partial charge in [0.05, 0.1) is 28.4 Å². The first-order valence-corrected chi connectivity index (χ1v) is 13.0. The number of hydrogen-bond acceptors (Lipinski definition) is 4. The molecule has 0 bridgehead atoms. The van der Waals surface area contributed by atoms with Crippen LogP contribution in [-0.2, 0) is 0 Å². The van der Waals surface area contributed by atoms with Gasteiger partial charge in [0.1, 0.15) is 0 Å². The number of rotatable bonds is 3. The molecule has 192 valence electrons. The van der Waals surface area contributed by atoms with Gasteiger partial charge < -0.3 is 9.90 Å². The van der Waals surface area contributed by atoms with Crippen LogP contribution in [-0.4, -0.2) is 15.9 Å². The molecule has 0 saturated heterocycles. The Morgan fingerprint density at radius 1 is 0.488 bits per heavy atom. The fourth-order valence-electron chi connectivity index (χ4n) is 4.34. The highest BCUT2D eigenvalue weighted by Crippen LogP contribution is 2.31. The lowest BCUT2D eigenvalue weighted by atomic mass is 10.0. The van der Waals surface area contributed by atoms with E-state index < -0.39 is 5.97 Å². The zero-order chi connectivity index (χ0) is 28.0. The number of carbonyl (C=O) groups excluding carboxylic acids is 1. The third kappa shape index (κ3) is 5.88. The monoisotopic (exact) mass is 525 g/mol. The molecule has 6 rings (SSSR count). The van der Waals surface area contributed by atoms with E-state index in [1.807, 2.05) is 109 Å². The molecule has 5 aromatic carbocycles. The summed E-state index contributed by atoms with van der Waals surface area (Å²) < 4.78 is 0. The van der Waals surface area contributed by atoms with E-state index in [0.29, 0.717) is 22.4 Å². The molecule has 0 fully saturated rings. The maximum Gasteiger partial charge on any atom is 0.0973 e. The number of aromatic carboxylic acids is 1. The summed E-state index contributed by atoms with van der Waals surface area (Å²) in [6.45, 7) is 0. The second kappa shape index (κ2) is 11.4. The lowest BCUT2D eigenvalue weighted by molar-refractivity contribution is -0.255. The topological polar surface area (TPSA) is 65.9 Å². The number of nitrogens with zero attached hydrogens (tertiary/aromatic N) is 2. The van der Waals surface area contributed by atoms with Crippen LogP contribution in [0.1, 0.15) is 32.6 Å². The predicted molar refractivity (Wildman–Crippen MR) is 160 cm³/mol. The fraction of sp³-hybridized carbons (Fsp3) is 0. The Kier molecular flexibility index (Phi) is 7.05. The van der Waals surface area contributed by atoms with E-state index in [-0.39, 0.29) is 5.56 Å². The van der Waals surface area contributed by atoms with Gasteiger partial charge in [0.15, 0.2) is 0 Å². The maximum atomic E-state index is 11.5. The molecule has 0 saturated carbocycles. The summed E-state index contributed by atoms with van der Waals surface area (Å²) in [7, 11) is 0. The predicted octanol–water partition coefficient (Wildman–Crippen LogP) is 6.13. The highest BCUT2D eigenvalue weighted by Gasteiger charge is 2.14. The van der Waals surface area contributed by atoms with Crippen molar-refractivity contribution in [1.82, 2.24) is 9.97 Å². The Labute approximate surface area is 238 Å². The molecule has 1 heterocycles. The number of hydrogen-bond donors (Lipinski definition) is 0. The minimum absolute atomic E-state index is 0.0541. The van der Waals surface area contributed by atoms with Gasteiger partial charge in [-0.25, -0.2) is 9.97 Å². The van der Waals surface area contributed by atoms with Crippen LogP contribution in [0.3, 0.4) is 0 Å². The van der Waals surface area contributed by atoms with Crippen LogP contribution in [0.15, 0.2) is 127 Å². The Morgan fingerprint density at radius 2 is 0.902 bits per heavy atom. The largest absolute Gasteiger partial charge is 0.545 e. The van der Waals surface area contributed by atoms with Gasteiger partial charge in [-0.2, -0.15) is 0 Å². The average Bonchev–Trinajstić information content (AvgIpc) is 3.03. The summed E-state index contributed by atoms with van der Waals surface area (Å²) in [5.41, 5.74) is 7.80. The first kappa shape index (κ1) is 25.3. The summed E-state index contributed by atoms with van der Waals surface area (Å²) >= 11 is 0. The van der Waals surface area contributed by atoms with E-state index in [2.05, 4.69) is 23.7 Å². The molecular formula is C37H21N2O2-. The molecule has 0 radical (unpaired) electrons. The highest BCUT2D eigenvalue weighted by atomic mass is 16.4. The van der Waals surface area contributed by atoms with Crippen molar-refractivity contribution < 1.29 is 9.90 Å². The molecule has 0 aliphatic carbocycles. The van der Waals surface area contributed by atoms with Crippen LogP contribution >= 0.6 is 0 Å². The molecule has 0 aliphatic rings. The molecule has 0 aliphatic heterocycles. The van der Waals surface area contributed by atoms with Crippen molar-refractivity contribution in [2.75, 3.05) is 0 Å². The van der Waals surface area contributed by atoms with E-state index in [0.717, 1.165) is 33.4 Å². The zero-order valence-corrected chi connectivity index (χ0v) is 21.8. The molecule has 1 aromatic heterocycles. The minimum Gasteiger partial charge on any atom is -0.545 e. The lowest BCUT2D eigenvalue weighted by Crippen LogP contribution is -2.22. The summed E-state index contributed by atoms with van der Waals surface area (Å²) in [6.07, 6.45) is 0. The normalized spacial score (nSPS) is 10.2. The van der Waals surface area contributed by atoms with Crippen LogP contribution in [0.4, 0.5) is 0 Å². The molecule has 0 N–H and O–H groups in total. The molecule has 41 heavy (non-hydrogen) atoms. The van der Waals surface area contributed by atoms with Crippen molar-refractivity contribution in [1.29, 1.82) is 0 Å². The Morgan fingerprint density at radius 3 is 1.34 bits per heavy atom. The van der Waals surface area contributed by atoms with Crippen LogP contribution in [0.5, 0.6) is 0 Å². The minimum atomic E-state index is -1.26. The first-order chi connectivity index (χ1) is 20.1. The van der Waals surface area contributed by atoms with Crippen LogP contribution in [0, 0.1) is 23.7 Å². The number of carboxylic acid groups (broad SMARTS) is 1. The Balaban J connectivity index is 1.40. The van der Waals surface area contributed by atoms with Crippen molar-refractivity contribution in [3.63, 3.8) is 0 Å². The van der Waals surface area contributed by atoms with Crippen molar-refractivity contribution in [2.24, 2.45) is 0 Å². The molecule has 4 nitrogen and oxygen atoms in total. The number of benzene rings is 5. The second-order valence-electron chi connectivity index (χ2n) is 9.30. The van der Waals surface area contributed by atoms with E-state index in [9.17, 15) is 9.90 Å². The van der Waals surface area contributed by atoms with E-state index in [1.54, 1.807) is 6.07 Å². The van der Waals surface area contributed by atoms with E-state index >= 15 is 0 Å². The quantitative estimate of drug-likeness (QED) is 0.261. The number of fused-ring (bicyclic) bond motifs is 1. The maximum absolute atomic E-state index is 11.5. The Bertz CT molecular complexity index is 1990. The van der Waals surface area contributed by atoms with E-state index in [1.165, 1.54) is 12.1 Å². The molecule has 4 heteroatoms. The van der Waals surface area contributed by atoms with Gasteiger partial charge in [0.2, 0.25) is 0 Å². The number of aromatic nitrogens is 2. The summed E-state index contributed by atoms with van der Waals surface area (Å²) in [4.78, 5) is 21.3. The molecule has 0 atom stereocenters. The number of carboxylic acids is 1. The third-order valence-corrected chi connectivity index (χ3v) is 6.47. The lowest BCUT2D eigenvalue weighted by Gasteiger charge is -2.12. The van der Waals surface area contributed by atoms with Gasteiger partial charge >= 0.3 is 0 Å². The second-order valence-corrected chi connectivity index (χ2v) is 9.30. The number of carbonyl (C=O) groups is 1. The SMILES string of the molecule is O=C([O-])c1ccc2nc(-c3ccc(C#Cc4ccccc4)cc3)c(-c3ccc(C#Cc4ccccc4)cc3)nc2c1. The van der Waals surface area contributed by atoms with Gasteiger partial charge in [0, 0.05) is 33.4 Å². The fourth-order valence-corrected chi connectivity index (χ4v) is 4.34.